The lowest BCUT2D eigenvalue weighted by atomic mass is 9.88. The standard InChI is InChI=1S/C17H23F2N3/c18-13-10-15-16(11-14(13)19)22(9-5-4-8-20)17(21-15)12-6-2-1-3-7-12/h10-12H,1-9,20H2. The second-order valence-corrected chi connectivity index (χ2v) is 6.21. The van der Waals surface area contributed by atoms with Crippen molar-refractivity contribution in [2.75, 3.05) is 6.54 Å². The third-order valence-electron chi connectivity index (χ3n) is 4.63. The van der Waals surface area contributed by atoms with Gasteiger partial charge in [-0.25, -0.2) is 13.8 Å². The van der Waals surface area contributed by atoms with Gasteiger partial charge in [0, 0.05) is 24.6 Å². The number of hydrogen-bond acceptors (Lipinski definition) is 2. The summed E-state index contributed by atoms with van der Waals surface area (Å²) in [6.45, 7) is 1.42. The number of aryl methyl sites for hydroxylation is 1. The minimum Gasteiger partial charge on any atom is -0.330 e. The molecular weight excluding hydrogens is 284 g/mol. The lowest BCUT2D eigenvalue weighted by Crippen LogP contribution is -2.13. The molecule has 3 nitrogen and oxygen atoms in total. The van der Waals surface area contributed by atoms with Gasteiger partial charge in [0.2, 0.25) is 0 Å². The Labute approximate surface area is 129 Å². The first-order chi connectivity index (χ1) is 10.7. The maximum atomic E-state index is 13.6. The molecule has 3 rings (SSSR count). The maximum absolute atomic E-state index is 13.6. The van der Waals surface area contributed by atoms with Crippen molar-refractivity contribution >= 4 is 11.0 Å². The van der Waals surface area contributed by atoms with Gasteiger partial charge in [0.05, 0.1) is 11.0 Å². The van der Waals surface area contributed by atoms with Crippen molar-refractivity contribution in [1.82, 2.24) is 9.55 Å². The predicted molar refractivity (Wildman–Crippen MR) is 83.8 cm³/mol. The van der Waals surface area contributed by atoms with Crippen LogP contribution in [0.3, 0.4) is 0 Å². The van der Waals surface area contributed by atoms with Crippen molar-refractivity contribution in [2.45, 2.75) is 57.4 Å². The quantitative estimate of drug-likeness (QED) is 0.845. The van der Waals surface area contributed by atoms with Crippen molar-refractivity contribution in [2.24, 2.45) is 5.73 Å². The van der Waals surface area contributed by atoms with Crippen molar-refractivity contribution in [1.29, 1.82) is 0 Å². The van der Waals surface area contributed by atoms with Gasteiger partial charge in [0.15, 0.2) is 11.6 Å². The summed E-state index contributed by atoms with van der Waals surface area (Å²) in [7, 11) is 0. The van der Waals surface area contributed by atoms with E-state index < -0.39 is 11.6 Å². The molecule has 0 spiro atoms. The zero-order valence-corrected chi connectivity index (χ0v) is 12.8. The van der Waals surface area contributed by atoms with Crippen molar-refractivity contribution in [3.8, 4) is 0 Å². The van der Waals surface area contributed by atoms with Crippen LogP contribution in [0.25, 0.3) is 11.0 Å². The third-order valence-corrected chi connectivity index (χ3v) is 4.63. The highest BCUT2D eigenvalue weighted by Gasteiger charge is 2.23. The van der Waals surface area contributed by atoms with Crippen LogP contribution in [0.5, 0.6) is 0 Å². The van der Waals surface area contributed by atoms with E-state index >= 15 is 0 Å². The summed E-state index contributed by atoms with van der Waals surface area (Å²) in [4.78, 5) is 4.64. The van der Waals surface area contributed by atoms with Crippen LogP contribution in [-0.2, 0) is 6.54 Å². The molecule has 1 fully saturated rings. The van der Waals surface area contributed by atoms with Gasteiger partial charge >= 0.3 is 0 Å². The number of unbranched alkanes of at least 4 members (excludes halogenated alkanes) is 1. The number of rotatable bonds is 5. The summed E-state index contributed by atoms with van der Waals surface area (Å²) in [5, 5.41) is 0. The van der Waals surface area contributed by atoms with E-state index in [-0.39, 0.29) is 0 Å². The fraction of sp³-hybridized carbons (Fsp3) is 0.588. The normalized spacial score (nSPS) is 16.5. The second-order valence-electron chi connectivity index (χ2n) is 6.21. The van der Waals surface area contributed by atoms with Crippen LogP contribution >= 0.6 is 0 Å². The Morgan fingerprint density at radius 1 is 1.09 bits per heavy atom. The molecule has 120 valence electrons. The van der Waals surface area contributed by atoms with Crippen LogP contribution < -0.4 is 5.73 Å². The second kappa shape index (κ2) is 6.73. The number of nitrogens with zero attached hydrogens (tertiary/aromatic N) is 2. The van der Waals surface area contributed by atoms with Gasteiger partial charge in [-0.15, -0.1) is 0 Å². The van der Waals surface area contributed by atoms with Gasteiger partial charge in [-0.3, -0.25) is 0 Å². The Kier molecular flexibility index (Phi) is 4.71. The van der Waals surface area contributed by atoms with E-state index in [2.05, 4.69) is 9.55 Å². The number of hydrogen-bond donors (Lipinski definition) is 1. The van der Waals surface area contributed by atoms with Crippen LogP contribution in [-0.4, -0.2) is 16.1 Å². The van der Waals surface area contributed by atoms with E-state index in [1.54, 1.807) is 0 Å². The van der Waals surface area contributed by atoms with E-state index in [0.29, 0.717) is 23.5 Å². The van der Waals surface area contributed by atoms with E-state index in [1.807, 2.05) is 0 Å². The summed E-state index contributed by atoms with van der Waals surface area (Å²) in [6.07, 6.45) is 7.77. The van der Waals surface area contributed by atoms with Crippen molar-refractivity contribution in [3.63, 3.8) is 0 Å². The molecule has 0 atom stereocenters. The van der Waals surface area contributed by atoms with Gasteiger partial charge in [0.25, 0.3) is 0 Å². The molecule has 0 aliphatic heterocycles. The first-order valence-electron chi connectivity index (χ1n) is 8.26. The smallest absolute Gasteiger partial charge is 0.161 e. The highest BCUT2D eigenvalue weighted by Crippen LogP contribution is 2.34. The van der Waals surface area contributed by atoms with Gasteiger partial charge in [-0.2, -0.15) is 0 Å². The Morgan fingerprint density at radius 3 is 2.55 bits per heavy atom. The molecule has 2 aromatic rings. The summed E-state index contributed by atoms with van der Waals surface area (Å²) in [6, 6.07) is 2.50. The average molecular weight is 307 g/mol. The molecule has 0 radical (unpaired) electrons. The first kappa shape index (κ1) is 15.4. The number of nitrogens with two attached hydrogens (primary N) is 1. The Bertz CT molecular complexity index is 645. The van der Waals surface area contributed by atoms with Crippen molar-refractivity contribution < 1.29 is 8.78 Å². The fourth-order valence-corrected chi connectivity index (χ4v) is 3.46. The van der Waals surface area contributed by atoms with Gasteiger partial charge in [0.1, 0.15) is 5.82 Å². The number of imidazole rings is 1. The molecule has 1 heterocycles. The minimum absolute atomic E-state index is 0.408. The summed E-state index contributed by atoms with van der Waals surface area (Å²) in [5.41, 5.74) is 6.84. The number of aromatic nitrogens is 2. The number of halogens is 2. The zero-order valence-electron chi connectivity index (χ0n) is 12.8. The SMILES string of the molecule is NCCCCn1c(C2CCCCC2)nc2cc(F)c(F)cc21. The maximum Gasteiger partial charge on any atom is 0.161 e. The van der Waals surface area contributed by atoms with E-state index in [0.717, 1.165) is 38.1 Å². The molecule has 5 heteroatoms. The summed E-state index contributed by atoms with van der Waals surface area (Å²) >= 11 is 0. The Hall–Kier alpha value is -1.49. The van der Waals surface area contributed by atoms with Crippen molar-refractivity contribution in [3.05, 3.63) is 29.6 Å². The van der Waals surface area contributed by atoms with Crippen LogP contribution in [0.2, 0.25) is 0 Å². The van der Waals surface area contributed by atoms with Crippen LogP contribution in [0.15, 0.2) is 12.1 Å². The lowest BCUT2D eigenvalue weighted by molar-refractivity contribution is 0.414. The molecule has 1 aliphatic rings. The van der Waals surface area contributed by atoms with E-state index in [4.69, 9.17) is 5.73 Å². The number of benzene rings is 1. The first-order valence-corrected chi connectivity index (χ1v) is 8.26. The monoisotopic (exact) mass is 307 g/mol. The van der Waals surface area contributed by atoms with Gasteiger partial charge in [-0.1, -0.05) is 19.3 Å². The summed E-state index contributed by atoms with van der Waals surface area (Å²) in [5.74, 6) is -0.223. The highest BCUT2D eigenvalue weighted by molar-refractivity contribution is 5.76. The predicted octanol–water partition coefficient (Wildman–Crippen LogP) is 4.10. The summed E-state index contributed by atoms with van der Waals surface area (Å²) < 4.78 is 29.2. The molecule has 1 aromatic heterocycles. The molecule has 2 N–H and O–H groups in total. The molecule has 0 unspecified atom stereocenters. The van der Waals surface area contributed by atoms with Gasteiger partial charge < -0.3 is 10.3 Å². The molecule has 0 bridgehead atoms. The fourth-order valence-electron chi connectivity index (χ4n) is 3.46. The largest absolute Gasteiger partial charge is 0.330 e. The molecule has 0 saturated heterocycles. The third kappa shape index (κ3) is 3.00. The molecule has 1 aromatic carbocycles. The molecular formula is C17H23F2N3. The van der Waals surface area contributed by atoms with Gasteiger partial charge in [-0.05, 0) is 32.2 Å². The zero-order chi connectivity index (χ0) is 15.5. The van der Waals surface area contributed by atoms with Crippen LogP contribution in [0.4, 0.5) is 8.78 Å². The van der Waals surface area contributed by atoms with Crippen LogP contribution in [0, 0.1) is 11.6 Å². The number of fused-ring (bicyclic) bond motifs is 1. The lowest BCUT2D eigenvalue weighted by Gasteiger charge is -2.22. The van der Waals surface area contributed by atoms with E-state index in [9.17, 15) is 8.78 Å². The Morgan fingerprint density at radius 2 is 1.82 bits per heavy atom. The highest BCUT2D eigenvalue weighted by atomic mass is 19.2. The molecule has 1 aliphatic carbocycles. The minimum atomic E-state index is -0.825. The average Bonchev–Trinajstić information content (AvgIpc) is 2.87. The Balaban J connectivity index is 2.01. The molecule has 1 saturated carbocycles. The van der Waals surface area contributed by atoms with Crippen LogP contribution in [0.1, 0.15) is 56.7 Å². The molecule has 22 heavy (non-hydrogen) atoms. The molecule has 0 amide bonds. The topological polar surface area (TPSA) is 43.8 Å². The van der Waals surface area contributed by atoms with E-state index in [1.165, 1.54) is 31.4 Å².